The lowest BCUT2D eigenvalue weighted by molar-refractivity contribution is -0.121. The predicted octanol–water partition coefficient (Wildman–Crippen LogP) is 2.95. The minimum atomic E-state index is -0.00953. The van der Waals surface area contributed by atoms with Gasteiger partial charge in [0.1, 0.15) is 5.82 Å². The molecule has 8 nitrogen and oxygen atoms in total. The average Bonchev–Trinajstić information content (AvgIpc) is 3.28. The van der Waals surface area contributed by atoms with Crippen molar-refractivity contribution in [3.05, 3.63) is 41.4 Å². The van der Waals surface area contributed by atoms with Crippen LogP contribution in [-0.4, -0.2) is 45.0 Å². The second-order valence-electron chi connectivity index (χ2n) is 7.32. The molecular formula is C20H25N5O3S. The van der Waals surface area contributed by atoms with E-state index >= 15 is 0 Å². The van der Waals surface area contributed by atoms with Crippen molar-refractivity contribution < 1.29 is 14.3 Å². The number of aromatic nitrogens is 3. The predicted molar refractivity (Wildman–Crippen MR) is 111 cm³/mol. The zero-order valence-corrected chi connectivity index (χ0v) is 17.3. The number of hydrogen-bond donors (Lipinski definition) is 1. The largest absolute Gasteiger partial charge is 0.454 e. The highest BCUT2D eigenvalue weighted by Crippen LogP contribution is 2.34. The Bertz CT molecular complexity index is 975. The first kappa shape index (κ1) is 19.7. The number of aryl methyl sites for hydroxylation is 1. The van der Waals surface area contributed by atoms with Crippen LogP contribution in [-0.2, 0) is 18.0 Å². The van der Waals surface area contributed by atoms with Crippen LogP contribution in [0.15, 0.2) is 30.9 Å². The van der Waals surface area contributed by atoms with Gasteiger partial charge in [-0.25, -0.2) is 4.68 Å². The van der Waals surface area contributed by atoms with Crippen LogP contribution in [0.5, 0.6) is 11.5 Å². The highest BCUT2D eigenvalue weighted by atomic mass is 32.1. The molecule has 0 saturated carbocycles. The Balaban J connectivity index is 1.31. The summed E-state index contributed by atoms with van der Waals surface area (Å²) in [6, 6.07) is 5.46. The number of fused-ring (bicyclic) bond motifs is 1. The summed E-state index contributed by atoms with van der Waals surface area (Å²) >= 11 is 5.52. The second-order valence-corrected chi connectivity index (χ2v) is 7.68. The molecule has 0 unspecified atom stereocenters. The fourth-order valence-electron chi connectivity index (χ4n) is 3.73. The van der Waals surface area contributed by atoms with Crippen molar-refractivity contribution in [3.63, 3.8) is 0 Å². The standard InChI is InChI=1S/C20H25N5O3S/c1-3-8-24-14(2)22-25(20(24)29)12-23-9-6-15(7-10-23)19(26)21-16-4-5-17-18(11-16)28-13-27-17/h3-5,11,15H,1,6-10,12-13H2,2H3,(H,21,26). The number of allylic oxidation sites excluding steroid dienone is 1. The number of amides is 1. The van der Waals surface area contributed by atoms with Gasteiger partial charge in [-0.05, 0) is 44.1 Å². The zero-order valence-electron chi connectivity index (χ0n) is 16.5. The van der Waals surface area contributed by atoms with E-state index in [1.54, 1.807) is 6.07 Å². The number of carbonyl (C=O) groups is 1. The molecule has 1 saturated heterocycles. The molecule has 2 aromatic rings. The number of hydrogen-bond acceptors (Lipinski definition) is 6. The Labute approximate surface area is 174 Å². The Morgan fingerprint density at radius 2 is 2.10 bits per heavy atom. The van der Waals surface area contributed by atoms with Gasteiger partial charge in [0.05, 0.1) is 6.67 Å². The first-order valence-corrected chi connectivity index (χ1v) is 10.1. The van der Waals surface area contributed by atoms with Crippen molar-refractivity contribution in [1.29, 1.82) is 0 Å². The number of nitrogens with one attached hydrogen (secondary N) is 1. The third-order valence-electron chi connectivity index (χ3n) is 5.35. The minimum Gasteiger partial charge on any atom is -0.454 e. The Hall–Kier alpha value is -2.65. The summed E-state index contributed by atoms with van der Waals surface area (Å²) in [5.41, 5.74) is 0.733. The van der Waals surface area contributed by atoms with E-state index in [1.165, 1.54) is 0 Å². The normalized spacial score (nSPS) is 16.7. The summed E-state index contributed by atoms with van der Waals surface area (Å²) in [6.45, 7) is 8.89. The molecular weight excluding hydrogens is 390 g/mol. The number of likely N-dealkylation sites (tertiary alicyclic amines) is 1. The van der Waals surface area contributed by atoms with Gasteiger partial charge in [-0.3, -0.25) is 9.69 Å². The van der Waals surface area contributed by atoms with Crippen LogP contribution >= 0.6 is 12.2 Å². The van der Waals surface area contributed by atoms with Crippen molar-refractivity contribution in [2.24, 2.45) is 5.92 Å². The molecule has 1 amide bonds. The number of carbonyl (C=O) groups excluding carboxylic acids is 1. The molecule has 3 heterocycles. The van der Waals surface area contributed by atoms with Gasteiger partial charge in [-0.2, -0.15) is 5.10 Å². The molecule has 0 atom stereocenters. The van der Waals surface area contributed by atoms with Crippen molar-refractivity contribution >= 4 is 23.8 Å². The van der Waals surface area contributed by atoms with Crippen molar-refractivity contribution in [2.75, 3.05) is 25.2 Å². The lowest BCUT2D eigenvalue weighted by Crippen LogP contribution is -2.39. The summed E-state index contributed by atoms with van der Waals surface area (Å²) in [5.74, 6) is 2.30. The summed E-state index contributed by atoms with van der Waals surface area (Å²) < 4.78 is 15.2. The maximum Gasteiger partial charge on any atom is 0.231 e. The lowest BCUT2D eigenvalue weighted by Gasteiger charge is -2.30. The van der Waals surface area contributed by atoms with Crippen molar-refractivity contribution in [2.45, 2.75) is 33.0 Å². The van der Waals surface area contributed by atoms with E-state index in [0.29, 0.717) is 29.5 Å². The van der Waals surface area contributed by atoms with Gasteiger partial charge in [0, 0.05) is 37.3 Å². The fourth-order valence-corrected chi connectivity index (χ4v) is 4.03. The maximum absolute atomic E-state index is 12.7. The molecule has 29 heavy (non-hydrogen) atoms. The molecule has 2 aliphatic rings. The number of ether oxygens (including phenoxy) is 2. The Kier molecular flexibility index (Phi) is 5.68. The molecule has 1 aromatic heterocycles. The number of anilines is 1. The summed E-state index contributed by atoms with van der Waals surface area (Å²) in [5, 5.41) is 7.55. The van der Waals surface area contributed by atoms with E-state index in [0.717, 1.165) is 37.4 Å². The summed E-state index contributed by atoms with van der Waals surface area (Å²) in [4.78, 5) is 14.9. The van der Waals surface area contributed by atoms with Crippen LogP contribution in [0.25, 0.3) is 0 Å². The fraction of sp³-hybridized carbons (Fsp3) is 0.450. The first-order valence-electron chi connectivity index (χ1n) is 9.73. The maximum atomic E-state index is 12.7. The minimum absolute atomic E-state index is 0.00953. The monoisotopic (exact) mass is 415 g/mol. The van der Waals surface area contributed by atoms with Crippen LogP contribution in [0.1, 0.15) is 18.7 Å². The SMILES string of the molecule is C=CCn1c(C)nn(CN2CCC(C(=O)Nc3ccc4c(c3)OCO4)CC2)c1=S. The number of benzene rings is 1. The quantitative estimate of drug-likeness (QED) is 0.578. The van der Waals surface area contributed by atoms with E-state index < -0.39 is 0 Å². The molecule has 1 N–H and O–H groups in total. The van der Waals surface area contributed by atoms with E-state index in [-0.39, 0.29) is 18.6 Å². The molecule has 0 radical (unpaired) electrons. The van der Waals surface area contributed by atoms with Crippen molar-refractivity contribution in [1.82, 2.24) is 19.2 Å². The number of rotatable bonds is 6. The third kappa shape index (κ3) is 4.20. The van der Waals surface area contributed by atoms with Gasteiger partial charge in [0.15, 0.2) is 16.3 Å². The van der Waals surface area contributed by atoms with Gasteiger partial charge >= 0.3 is 0 Å². The van der Waals surface area contributed by atoms with Gasteiger partial charge in [-0.15, -0.1) is 6.58 Å². The topological polar surface area (TPSA) is 73.6 Å². The summed E-state index contributed by atoms with van der Waals surface area (Å²) in [6.07, 6.45) is 3.42. The lowest BCUT2D eigenvalue weighted by atomic mass is 9.96. The molecule has 0 aliphatic carbocycles. The number of piperidine rings is 1. The molecule has 154 valence electrons. The highest BCUT2D eigenvalue weighted by molar-refractivity contribution is 7.71. The third-order valence-corrected chi connectivity index (χ3v) is 5.78. The summed E-state index contributed by atoms with van der Waals surface area (Å²) in [7, 11) is 0. The average molecular weight is 416 g/mol. The van der Waals surface area contributed by atoms with Gasteiger partial charge in [0.2, 0.25) is 12.7 Å². The molecule has 1 fully saturated rings. The van der Waals surface area contributed by atoms with Crippen LogP contribution in [0, 0.1) is 17.6 Å². The first-order chi connectivity index (χ1) is 14.0. The van der Waals surface area contributed by atoms with E-state index in [1.807, 2.05) is 34.4 Å². The zero-order chi connectivity index (χ0) is 20.4. The molecule has 4 rings (SSSR count). The van der Waals surface area contributed by atoms with Gasteiger partial charge in [0.25, 0.3) is 0 Å². The molecule has 0 spiro atoms. The van der Waals surface area contributed by atoms with Crippen LogP contribution < -0.4 is 14.8 Å². The van der Waals surface area contributed by atoms with Crippen LogP contribution in [0.3, 0.4) is 0 Å². The molecule has 0 bridgehead atoms. The molecule has 9 heteroatoms. The van der Waals surface area contributed by atoms with E-state index in [2.05, 4.69) is 21.9 Å². The van der Waals surface area contributed by atoms with Crippen LogP contribution in [0.2, 0.25) is 0 Å². The molecule has 2 aliphatic heterocycles. The van der Waals surface area contributed by atoms with E-state index in [4.69, 9.17) is 21.7 Å². The van der Waals surface area contributed by atoms with Gasteiger partial charge < -0.3 is 19.4 Å². The Morgan fingerprint density at radius 1 is 1.34 bits per heavy atom. The Morgan fingerprint density at radius 3 is 2.86 bits per heavy atom. The highest BCUT2D eigenvalue weighted by Gasteiger charge is 2.26. The smallest absolute Gasteiger partial charge is 0.231 e. The second kappa shape index (κ2) is 8.38. The molecule has 1 aromatic carbocycles. The number of nitrogens with zero attached hydrogens (tertiary/aromatic N) is 4. The van der Waals surface area contributed by atoms with Crippen LogP contribution in [0.4, 0.5) is 5.69 Å². The van der Waals surface area contributed by atoms with Gasteiger partial charge in [-0.1, -0.05) is 6.08 Å². The van der Waals surface area contributed by atoms with E-state index in [9.17, 15) is 4.79 Å². The van der Waals surface area contributed by atoms with Crippen molar-refractivity contribution in [3.8, 4) is 11.5 Å².